The van der Waals surface area contributed by atoms with Crippen LogP contribution in [0.3, 0.4) is 0 Å². The maximum atomic E-state index is 12.1. The van der Waals surface area contributed by atoms with Gasteiger partial charge < -0.3 is 34.3 Å². The second-order valence-electron chi connectivity index (χ2n) is 6.24. The summed E-state index contributed by atoms with van der Waals surface area (Å²) in [6.45, 7) is 4.15. The number of amides is 1. The maximum Gasteiger partial charge on any atom is 0.373 e. The summed E-state index contributed by atoms with van der Waals surface area (Å²) in [6.07, 6.45) is -2.47. The minimum absolute atomic E-state index is 0.232. The Kier molecular flexibility index (Phi) is 13.3. The molecule has 0 spiro atoms. The van der Waals surface area contributed by atoms with Crippen LogP contribution < -0.4 is 10.6 Å². The average molecular weight is 446 g/mol. The van der Waals surface area contributed by atoms with Crippen molar-refractivity contribution in [2.24, 2.45) is 0 Å². The van der Waals surface area contributed by atoms with E-state index < -0.39 is 54.7 Å². The molecular weight excluding hydrogens is 416 g/mol. The Labute approximate surface area is 180 Å². The van der Waals surface area contributed by atoms with Gasteiger partial charge in [0.1, 0.15) is 6.61 Å². The third kappa shape index (κ3) is 12.2. The summed E-state index contributed by atoms with van der Waals surface area (Å²) < 4.78 is 25.8. The van der Waals surface area contributed by atoms with Gasteiger partial charge in [-0.25, -0.2) is 4.79 Å². The average Bonchev–Trinajstić information content (AvgIpc) is 2.67. The molecule has 0 aliphatic heterocycles. The van der Waals surface area contributed by atoms with Crippen molar-refractivity contribution in [2.75, 3.05) is 33.9 Å². The maximum absolute atomic E-state index is 12.1. The third-order valence-electron chi connectivity index (χ3n) is 3.51. The molecule has 1 amide bonds. The highest BCUT2D eigenvalue weighted by Gasteiger charge is 2.38. The van der Waals surface area contributed by atoms with Crippen molar-refractivity contribution in [3.05, 3.63) is 11.8 Å². The fourth-order valence-electron chi connectivity index (χ4n) is 2.30. The number of hydrogen-bond acceptors (Lipinski definition) is 11. The molecule has 0 bridgehead atoms. The molecular formula is C19H30N2O10. The van der Waals surface area contributed by atoms with Gasteiger partial charge in [-0.2, -0.15) is 0 Å². The van der Waals surface area contributed by atoms with Gasteiger partial charge in [-0.15, -0.1) is 0 Å². The van der Waals surface area contributed by atoms with E-state index in [-0.39, 0.29) is 18.8 Å². The molecule has 0 aliphatic carbocycles. The topological polar surface area (TPSA) is 156 Å². The van der Waals surface area contributed by atoms with E-state index in [1.807, 2.05) is 0 Å². The van der Waals surface area contributed by atoms with Gasteiger partial charge in [0.05, 0.1) is 13.7 Å². The SMILES string of the molecule is CNCC=C(OC(CNC(C)=O)C(OC(C)=O)C(COC(C)=O)OC(C)=O)C(=O)OC. The lowest BCUT2D eigenvalue weighted by Crippen LogP contribution is -2.51. The summed E-state index contributed by atoms with van der Waals surface area (Å²) in [6, 6.07) is 0. The first-order valence-corrected chi connectivity index (χ1v) is 9.33. The van der Waals surface area contributed by atoms with Crippen molar-refractivity contribution in [2.45, 2.75) is 46.0 Å². The number of methoxy groups -OCH3 is 1. The van der Waals surface area contributed by atoms with Crippen LogP contribution in [0.4, 0.5) is 0 Å². The number of rotatable bonds is 13. The molecule has 12 heteroatoms. The molecule has 0 saturated carbocycles. The van der Waals surface area contributed by atoms with E-state index in [4.69, 9.17) is 23.7 Å². The van der Waals surface area contributed by atoms with Crippen molar-refractivity contribution in [3.8, 4) is 0 Å². The number of hydrogen-bond donors (Lipinski definition) is 2. The number of esters is 4. The van der Waals surface area contributed by atoms with Crippen molar-refractivity contribution in [3.63, 3.8) is 0 Å². The van der Waals surface area contributed by atoms with Crippen LogP contribution in [0.2, 0.25) is 0 Å². The van der Waals surface area contributed by atoms with Crippen LogP contribution in [0.15, 0.2) is 11.8 Å². The minimum Gasteiger partial charge on any atom is -0.477 e. The second-order valence-corrected chi connectivity index (χ2v) is 6.24. The van der Waals surface area contributed by atoms with Crippen molar-refractivity contribution in [1.29, 1.82) is 0 Å². The van der Waals surface area contributed by atoms with Gasteiger partial charge in [0.2, 0.25) is 11.7 Å². The van der Waals surface area contributed by atoms with Crippen LogP contribution in [-0.4, -0.2) is 82.0 Å². The highest BCUT2D eigenvalue weighted by atomic mass is 16.6. The molecule has 0 aromatic carbocycles. The first-order valence-electron chi connectivity index (χ1n) is 9.33. The number of carbonyl (C=O) groups is 5. The Balaban J connectivity index is 6.12. The van der Waals surface area contributed by atoms with Crippen LogP contribution in [0, 0.1) is 0 Å². The van der Waals surface area contributed by atoms with Crippen LogP contribution in [0.25, 0.3) is 0 Å². The van der Waals surface area contributed by atoms with Gasteiger partial charge in [-0.1, -0.05) is 0 Å². The van der Waals surface area contributed by atoms with E-state index in [2.05, 4.69) is 10.6 Å². The van der Waals surface area contributed by atoms with Crippen LogP contribution in [-0.2, 0) is 47.7 Å². The standard InChI is InChI=1S/C19H30N2O10/c1-11(22)21-9-16(31-15(7-8-20-5)19(26)27-6)18(30-14(4)25)17(29-13(3)24)10-28-12(2)23/h7,16-18,20H,8-10H2,1-6H3,(H,21,22). The molecule has 2 N–H and O–H groups in total. The van der Waals surface area contributed by atoms with E-state index in [0.717, 1.165) is 27.9 Å². The Morgan fingerprint density at radius 1 is 0.871 bits per heavy atom. The van der Waals surface area contributed by atoms with Gasteiger partial charge in [-0.3, -0.25) is 19.2 Å². The molecule has 0 rings (SSSR count). The van der Waals surface area contributed by atoms with Crippen molar-refractivity contribution >= 4 is 29.8 Å². The molecule has 12 nitrogen and oxygen atoms in total. The summed E-state index contributed by atoms with van der Waals surface area (Å²) >= 11 is 0. The van der Waals surface area contributed by atoms with E-state index in [1.165, 1.54) is 13.0 Å². The summed E-state index contributed by atoms with van der Waals surface area (Å²) in [5, 5.41) is 5.29. The van der Waals surface area contributed by atoms with E-state index >= 15 is 0 Å². The molecule has 31 heavy (non-hydrogen) atoms. The first-order chi connectivity index (χ1) is 14.5. The minimum atomic E-state index is -1.35. The smallest absolute Gasteiger partial charge is 0.373 e. The monoisotopic (exact) mass is 446 g/mol. The van der Waals surface area contributed by atoms with Crippen molar-refractivity contribution in [1.82, 2.24) is 10.6 Å². The molecule has 0 saturated heterocycles. The second kappa shape index (κ2) is 14.8. The number of carbonyl (C=O) groups excluding carboxylic acids is 5. The van der Waals surface area contributed by atoms with E-state index in [1.54, 1.807) is 7.05 Å². The highest BCUT2D eigenvalue weighted by Crippen LogP contribution is 2.18. The molecule has 176 valence electrons. The highest BCUT2D eigenvalue weighted by molar-refractivity contribution is 5.86. The van der Waals surface area contributed by atoms with Gasteiger partial charge in [0.15, 0.2) is 18.3 Å². The summed E-state index contributed by atoms with van der Waals surface area (Å²) in [5.41, 5.74) is 0. The zero-order valence-corrected chi connectivity index (χ0v) is 18.5. The summed E-state index contributed by atoms with van der Waals surface area (Å²) in [4.78, 5) is 58.1. The molecule has 0 aliphatic rings. The van der Waals surface area contributed by atoms with E-state index in [0.29, 0.717) is 0 Å². The Hall–Kier alpha value is -3.15. The van der Waals surface area contributed by atoms with Gasteiger partial charge in [0, 0.05) is 34.2 Å². The molecule has 0 heterocycles. The molecule has 0 aromatic rings. The van der Waals surface area contributed by atoms with Crippen LogP contribution in [0.5, 0.6) is 0 Å². The predicted octanol–water partition coefficient (Wildman–Crippen LogP) is -0.789. The largest absolute Gasteiger partial charge is 0.477 e. The molecule has 0 fully saturated rings. The summed E-state index contributed by atoms with van der Waals surface area (Å²) in [7, 11) is 2.78. The van der Waals surface area contributed by atoms with Crippen LogP contribution >= 0.6 is 0 Å². The molecule has 0 aromatic heterocycles. The predicted molar refractivity (Wildman–Crippen MR) is 105 cm³/mol. The lowest BCUT2D eigenvalue weighted by Gasteiger charge is -2.32. The number of nitrogens with one attached hydrogen (secondary N) is 2. The van der Waals surface area contributed by atoms with Crippen LogP contribution in [0.1, 0.15) is 27.7 Å². The fourth-order valence-corrected chi connectivity index (χ4v) is 2.30. The van der Waals surface area contributed by atoms with E-state index in [9.17, 15) is 24.0 Å². The quantitative estimate of drug-likeness (QED) is 0.158. The van der Waals surface area contributed by atoms with Crippen molar-refractivity contribution < 1.29 is 47.7 Å². The zero-order valence-electron chi connectivity index (χ0n) is 18.5. The molecule has 0 radical (unpaired) electrons. The molecule has 3 atom stereocenters. The van der Waals surface area contributed by atoms with Gasteiger partial charge >= 0.3 is 23.9 Å². The first kappa shape index (κ1) is 27.8. The third-order valence-corrected chi connectivity index (χ3v) is 3.51. The number of ether oxygens (including phenoxy) is 5. The zero-order chi connectivity index (χ0) is 24.0. The Morgan fingerprint density at radius 3 is 1.94 bits per heavy atom. The number of likely N-dealkylation sites (N-methyl/N-ethyl adjacent to an activating group) is 1. The Bertz CT molecular complexity index is 677. The summed E-state index contributed by atoms with van der Waals surface area (Å²) in [5.74, 6) is -3.67. The lowest BCUT2D eigenvalue weighted by atomic mass is 10.1. The van der Waals surface area contributed by atoms with Gasteiger partial charge in [-0.05, 0) is 13.1 Å². The van der Waals surface area contributed by atoms with Gasteiger partial charge in [0.25, 0.3) is 0 Å². The Morgan fingerprint density at radius 2 is 1.48 bits per heavy atom. The lowest BCUT2D eigenvalue weighted by molar-refractivity contribution is -0.184. The fraction of sp³-hybridized carbons (Fsp3) is 0.632. The molecule has 3 unspecified atom stereocenters. The normalized spacial score (nSPS) is 13.8.